The zero-order valence-electron chi connectivity index (χ0n) is 24.1. The monoisotopic (exact) mass is 600 g/mol. The Morgan fingerprint density at radius 1 is 1.00 bits per heavy atom. The van der Waals surface area contributed by atoms with Gasteiger partial charge in [-0.3, -0.25) is 25.1 Å². The van der Waals surface area contributed by atoms with Crippen molar-refractivity contribution < 1.29 is 24.4 Å². The Bertz CT molecular complexity index is 1690. The Balaban J connectivity index is 1.32. The molecule has 4 aromatic rings. The minimum atomic E-state index is -1.30. The average Bonchev–Trinajstić information content (AvgIpc) is 3.42. The van der Waals surface area contributed by atoms with E-state index in [-0.39, 0.29) is 29.2 Å². The normalized spacial score (nSPS) is 19.1. The molecule has 1 aliphatic heterocycles. The van der Waals surface area contributed by atoms with Gasteiger partial charge in [0.25, 0.3) is 0 Å². The third-order valence-corrected chi connectivity index (χ3v) is 8.40. The Labute approximate surface area is 252 Å². The number of aromatic nitrogens is 4. The number of para-hydroxylation sites is 1. The lowest BCUT2D eigenvalue weighted by molar-refractivity contribution is -0.385. The first kappa shape index (κ1) is 29.0. The van der Waals surface area contributed by atoms with Crippen molar-refractivity contribution in [2.75, 3.05) is 31.5 Å². The van der Waals surface area contributed by atoms with Gasteiger partial charge in [-0.1, -0.05) is 18.2 Å². The maximum Gasteiger partial charge on any atom is 0.410 e. The number of benzene rings is 2. The van der Waals surface area contributed by atoms with Crippen molar-refractivity contribution in [2.45, 2.75) is 44.7 Å². The van der Waals surface area contributed by atoms with Gasteiger partial charge in [0.1, 0.15) is 17.8 Å². The van der Waals surface area contributed by atoms with Crippen LogP contribution in [0.2, 0.25) is 0 Å². The second-order valence-corrected chi connectivity index (χ2v) is 11.0. The van der Waals surface area contributed by atoms with Crippen molar-refractivity contribution in [3.63, 3.8) is 0 Å². The molecule has 6 rings (SSSR count). The predicted molar refractivity (Wildman–Crippen MR) is 161 cm³/mol. The van der Waals surface area contributed by atoms with E-state index >= 15 is 0 Å². The molecule has 0 atom stereocenters. The fourth-order valence-electron chi connectivity index (χ4n) is 6.20. The number of hydrogen-bond acceptors (Lipinski definition) is 9. The first-order valence-electron chi connectivity index (χ1n) is 14.5. The summed E-state index contributed by atoms with van der Waals surface area (Å²) >= 11 is 0. The Morgan fingerprint density at radius 3 is 2.36 bits per heavy atom. The first-order valence-corrected chi connectivity index (χ1v) is 14.5. The van der Waals surface area contributed by atoms with Crippen LogP contribution in [0.5, 0.6) is 11.5 Å². The molecule has 2 amide bonds. The highest BCUT2D eigenvalue weighted by atomic mass is 16.6. The number of nitrogens with one attached hydrogen (secondary N) is 1. The summed E-state index contributed by atoms with van der Waals surface area (Å²) in [7, 11) is 0. The Kier molecular flexibility index (Phi) is 8.07. The van der Waals surface area contributed by atoms with Gasteiger partial charge in [-0.15, -0.1) is 0 Å². The summed E-state index contributed by atoms with van der Waals surface area (Å²) in [4.78, 5) is 47.9. The third-order valence-electron chi connectivity index (χ3n) is 8.40. The van der Waals surface area contributed by atoms with Crippen LogP contribution in [-0.2, 0) is 4.79 Å². The molecule has 1 saturated carbocycles. The van der Waals surface area contributed by atoms with Crippen LogP contribution in [-0.4, -0.2) is 83.8 Å². The van der Waals surface area contributed by atoms with E-state index in [0.717, 1.165) is 51.9 Å². The van der Waals surface area contributed by atoms with Gasteiger partial charge in [-0.05, 0) is 49.9 Å². The number of ether oxygens (including phenoxy) is 1. The average molecular weight is 601 g/mol. The van der Waals surface area contributed by atoms with Crippen molar-refractivity contribution in [1.82, 2.24) is 29.5 Å². The molecule has 0 radical (unpaired) electrons. The molecule has 1 aliphatic carbocycles. The lowest BCUT2D eigenvalue weighted by Crippen LogP contribution is -2.52. The van der Waals surface area contributed by atoms with Crippen LogP contribution in [0.3, 0.4) is 0 Å². The van der Waals surface area contributed by atoms with Gasteiger partial charge in [0.05, 0.1) is 16.4 Å². The lowest BCUT2D eigenvalue weighted by Gasteiger charge is -2.41. The molecule has 1 saturated heterocycles. The molecule has 3 heterocycles. The van der Waals surface area contributed by atoms with Gasteiger partial charge in [0, 0.05) is 50.8 Å². The van der Waals surface area contributed by atoms with Gasteiger partial charge in [0.15, 0.2) is 11.5 Å². The van der Waals surface area contributed by atoms with Crippen LogP contribution < -0.4 is 10.1 Å². The number of hydrogen-bond donors (Lipinski definition) is 2. The van der Waals surface area contributed by atoms with Crippen LogP contribution in [0, 0.1) is 10.1 Å². The molecule has 2 aromatic heterocycles. The van der Waals surface area contributed by atoms with Gasteiger partial charge in [-0.25, -0.2) is 19.4 Å². The summed E-state index contributed by atoms with van der Waals surface area (Å²) in [6.45, 7) is 4.78. The highest BCUT2D eigenvalue weighted by molar-refractivity contribution is 6.03. The van der Waals surface area contributed by atoms with Crippen LogP contribution in [0.25, 0.3) is 22.3 Å². The van der Waals surface area contributed by atoms with Crippen molar-refractivity contribution in [3.8, 4) is 22.8 Å². The zero-order valence-corrected chi connectivity index (χ0v) is 24.1. The van der Waals surface area contributed by atoms with Crippen molar-refractivity contribution in [3.05, 3.63) is 65.0 Å². The van der Waals surface area contributed by atoms with E-state index in [1.807, 2.05) is 15.6 Å². The zero-order chi connectivity index (χ0) is 30.8. The number of carbonyl (C=O) groups is 2. The van der Waals surface area contributed by atoms with Crippen LogP contribution in [0.15, 0.2) is 54.9 Å². The molecule has 0 unspecified atom stereocenters. The smallest absolute Gasteiger partial charge is 0.410 e. The summed E-state index contributed by atoms with van der Waals surface area (Å²) in [5.41, 5.74) is 0.927. The van der Waals surface area contributed by atoms with Crippen LogP contribution in [0.4, 0.5) is 16.3 Å². The molecule has 2 fully saturated rings. The Morgan fingerprint density at radius 2 is 1.70 bits per heavy atom. The minimum Gasteiger partial charge on any atom is -0.465 e. The standard InChI is InChI=1S/C30H32N8O6/c1-19(39)35-13-15-36(16-14-35)21-8-10-22(11-9-21)37-29-26(28(31-18-32-29)33-30(40)41)27(34-37)20-7-12-25(24(17-20)38(42)43)44-23-5-3-2-4-6-23/h2-7,12,17-18,21-22H,8-11,13-16H2,1H3,(H,40,41)(H,31,32,33). The molecule has 14 nitrogen and oxygen atoms in total. The number of nitrogens with zero attached hydrogens (tertiary/aromatic N) is 7. The number of carboxylic acid groups (broad SMARTS) is 1. The number of anilines is 1. The second kappa shape index (κ2) is 12.2. The molecule has 2 aromatic carbocycles. The number of fused-ring (bicyclic) bond motifs is 1. The number of piperazine rings is 1. The van der Waals surface area contributed by atoms with Crippen molar-refractivity contribution in [2.24, 2.45) is 0 Å². The Hall–Kier alpha value is -5.11. The van der Waals surface area contributed by atoms with E-state index in [1.165, 1.54) is 18.5 Å². The van der Waals surface area contributed by atoms with E-state index in [0.29, 0.717) is 34.1 Å². The topological polar surface area (TPSA) is 169 Å². The fraction of sp³-hybridized carbons (Fsp3) is 0.367. The molecule has 44 heavy (non-hydrogen) atoms. The van der Waals surface area contributed by atoms with Gasteiger partial charge < -0.3 is 14.7 Å². The van der Waals surface area contributed by atoms with Crippen molar-refractivity contribution >= 4 is 34.5 Å². The highest BCUT2D eigenvalue weighted by Gasteiger charge is 2.32. The van der Waals surface area contributed by atoms with E-state index < -0.39 is 11.0 Å². The maximum atomic E-state index is 12.1. The lowest BCUT2D eigenvalue weighted by atomic mass is 9.90. The predicted octanol–water partition coefficient (Wildman–Crippen LogP) is 4.93. The molecular formula is C30H32N8O6. The van der Waals surface area contributed by atoms with Crippen molar-refractivity contribution in [1.29, 1.82) is 0 Å². The number of rotatable bonds is 7. The van der Waals surface area contributed by atoms with Gasteiger partial charge in [-0.2, -0.15) is 5.10 Å². The number of nitro groups is 1. The maximum absolute atomic E-state index is 12.1. The molecule has 0 bridgehead atoms. The van der Waals surface area contributed by atoms with E-state index in [2.05, 4.69) is 20.2 Å². The van der Waals surface area contributed by atoms with E-state index in [9.17, 15) is 24.8 Å². The van der Waals surface area contributed by atoms with Crippen LogP contribution in [0.1, 0.15) is 38.6 Å². The third kappa shape index (κ3) is 5.88. The fourth-order valence-corrected chi connectivity index (χ4v) is 6.20. The summed E-state index contributed by atoms with van der Waals surface area (Å²) in [6, 6.07) is 13.7. The number of amides is 2. The second-order valence-electron chi connectivity index (χ2n) is 11.0. The summed E-state index contributed by atoms with van der Waals surface area (Å²) in [6.07, 6.45) is 3.50. The highest BCUT2D eigenvalue weighted by Crippen LogP contribution is 2.40. The molecule has 228 valence electrons. The molecular weight excluding hydrogens is 568 g/mol. The summed E-state index contributed by atoms with van der Waals surface area (Å²) in [5, 5.41) is 29.2. The summed E-state index contributed by atoms with van der Waals surface area (Å²) < 4.78 is 7.61. The first-order chi connectivity index (χ1) is 21.3. The molecule has 2 N–H and O–H groups in total. The van der Waals surface area contributed by atoms with Crippen LogP contribution >= 0.6 is 0 Å². The van der Waals surface area contributed by atoms with E-state index in [4.69, 9.17) is 9.84 Å². The number of nitro benzene ring substituents is 1. The molecule has 2 aliphatic rings. The summed E-state index contributed by atoms with van der Waals surface area (Å²) in [5.74, 6) is 0.678. The van der Waals surface area contributed by atoms with Gasteiger partial charge >= 0.3 is 11.8 Å². The molecule has 14 heteroatoms. The largest absolute Gasteiger partial charge is 0.465 e. The van der Waals surface area contributed by atoms with E-state index in [1.54, 1.807) is 37.3 Å². The van der Waals surface area contributed by atoms with Gasteiger partial charge in [0.2, 0.25) is 11.7 Å². The number of carbonyl (C=O) groups excluding carboxylic acids is 1. The molecule has 0 spiro atoms. The quantitative estimate of drug-likeness (QED) is 0.219. The minimum absolute atomic E-state index is 0.00994. The SMILES string of the molecule is CC(=O)N1CCN(C2CCC(n3nc(-c4ccc(Oc5ccccc5)c([N+](=O)[O-])c4)c4c(NC(=O)O)ncnc43)CC2)CC1.